The normalized spacial score (nSPS) is 10.6. The smallest absolute Gasteiger partial charge is 0.357 e. The van der Waals surface area contributed by atoms with Gasteiger partial charge in [-0.2, -0.15) is 0 Å². The predicted octanol–water partition coefficient (Wildman–Crippen LogP) is 2.28. The molecule has 1 rings (SSSR count). The molecule has 0 aliphatic rings. The molecule has 0 amide bonds. The Hall–Kier alpha value is -1.24. The number of aromatic nitrogens is 1. The van der Waals surface area contributed by atoms with Gasteiger partial charge in [-0.25, -0.2) is 18.6 Å². The van der Waals surface area contributed by atoms with Crippen molar-refractivity contribution in [2.24, 2.45) is 0 Å². The van der Waals surface area contributed by atoms with E-state index in [1.807, 2.05) is 0 Å². The van der Waals surface area contributed by atoms with Crippen LogP contribution in [0, 0.1) is 0 Å². The number of alkyl halides is 3. The van der Waals surface area contributed by atoms with Crippen molar-refractivity contribution in [1.82, 2.24) is 4.98 Å². The highest BCUT2D eigenvalue weighted by Crippen LogP contribution is 2.25. The number of nitrogens with two attached hydrogens (primary N) is 1. The van der Waals surface area contributed by atoms with Crippen LogP contribution in [-0.4, -0.2) is 18.1 Å². The third kappa shape index (κ3) is 2.46. The summed E-state index contributed by atoms with van der Waals surface area (Å²) < 4.78 is 29.3. The fourth-order valence-corrected chi connectivity index (χ4v) is 1.72. The molecule has 2 N–H and O–H groups in total. The van der Waals surface area contributed by atoms with Crippen LogP contribution in [0.4, 0.5) is 14.5 Å². The van der Waals surface area contributed by atoms with Crippen molar-refractivity contribution in [3.05, 3.63) is 23.0 Å². The van der Waals surface area contributed by atoms with Gasteiger partial charge in [0.1, 0.15) is 5.69 Å². The fraction of sp³-hybridized carbons (Fsp3) is 0.333. The number of ether oxygens (including phenoxy) is 1. The first-order valence-electron chi connectivity index (χ1n) is 4.23. The van der Waals surface area contributed by atoms with Crippen molar-refractivity contribution >= 4 is 27.6 Å². The predicted molar refractivity (Wildman–Crippen MR) is 57.6 cm³/mol. The molecule has 0 aliphatic carbocycles. The molecule has 4 nitrogen and oxygen atoms in total. The molecular weight excluding hydrogens is 286 g/mol. The van der Waals surface area contributed by atoms with Crippen LogP contribution in [0.25, 0.3) is 0 Å². The maximum absolute atomic E-state index is 12.4. The second kappa shape index (κ2) is 5.20. The highest BCUT2D eigenvalue weighted by molar-refractivity contribution is 9.08. The van der Waals surface area contributed by atoms with Crippen molar-refractivity contribution in [1.29, 1.82) is 0 Å². The van der Waals surface area contributed by atoms with E-state index in [9.17, 15) is 13.6 Å². The van der Waals surface area contributed by atoms with E-state index in [0.717, 1.165) is 13.2 Å². The van der Waals surface area contributed by atoms with Crippen LogP contribution >= 0.6 is 15.9 Å². The fourth-order valence-electron chi connectivity index (χ4n) is 1.13. The number of methoxy groups -OCH3 is 1. The molecular formula is C9H9BrF2N2O2. The first-order chi connectivity index (χ1) is 7.51. The van der Waals surface area contributed by atoms with Gasteiger partial charge >= 0.3 is 5.97 Å². The van der Waals surface area contributed by atoms with E-state index in [4.69, 9.17) is 5.73 Å². The third-order valence-corrected chi connectivity index (χ3v) is 2.48. The average Bonchev–Trinajstić information content (AvgIpc) is 2.26. The highest BCUT2D eigenvalue weighted by Gasteiger charge is 2.20. The van der Waals surface area contributed by atoms with Gasteiger partial charge in [-0.1, -0.05) is 15.9 Å². The summed E-state index contributed by atoms with van der Waals surface area (Å²) in [6, 6.07) is 1.05. The van der Waals surface area contributed by atoms with Crippen molar-refractivity contribution in [3.63, 3.8) is 0 Å². The lowest BCUT2D eigenvalue weighted by Gasteiger charge is -2.10. The Labute approximate surface area is 98.9 Å². The minimum Gasteiger partial charge on any atom is -0.464 e. The monoisotopic (exact) mass is 294 g/mol. The highest BCUT2D eigenvalue weighted by atomic mass is 79.9. The summed E-state index contributed by atoms with van der Waals surface area (Å²) in [4.78, 5) is 14.9. The van der Waals surface area contributed by atoms with E-state index < -0.39 is 18.1 Å². The van der Waals surface area contributed by atoms with Crippen molar-refractivity contribution in [2.45, 2.75) is 11.8 Å². The van der Waals surface area contributed by atoms with Gasteiger partial charge in [-0.15, -0.1) is 0 Å². The summed E-state index contributed by atoms with van der Waals surface area (Å²) in [5.74, 6) is -0.788. The van der Waals surface area contributed by atoms with Gasteiger partial charge < -0.3 is 10.5 Å². The second-order valence-corrected chi connectivity index (χ2v) is 3.45. The molecule has 16 heavy (non-hydrogen) atoms. The molecule has 0 saturated carbocycles. The molecule has 1 aromatic heterocycles. The minimum absolute atomic E-state index is 0.0857. The summed E-state index contributed by atoms with van der Waals surface area (Å²) >= 11 is 3.10. The standard InChI is InChI=1S/C9H9BrF2N2O2/c1-16-9(15)7-4(3-10)5(13)2-6(14-7)8(11)12/h2,8H,3H2,1H3,(H2,13,14). The topological polar surface area (TPSA) is 65.2 Å². The molecule has 0 saturated heterocycles. The van der Waals surface area contributed by atoms with Crippen molar-refractivity contribution < 1.29 is 18.3 Å². The Morgan fingerprint density at radius 1 is 1.69 bits per heavy atom. The summed E-state index contributed by atoms with van der Waals surface area (Å²) in [6.07, 6.45) is -2.78. The quantitative estimate of drug-likeness (QED) is 0.686. The lowest BCUT2D eigenvalue weighted by atomic mass is 10.1. The molecule has 1 heterocycles. The van der Waals surface area contributed by atoms with Crippen LogP contribution in [0.15, 0.2) is 6.07 Å². The first kappa shape index (κ1) is 12.8. The Bertz CT molecular complexity index is 413. The molecule has 0 spiro atoms. The molecule has 0 bridgehead atoms. The lowest BCUT2D eigenvalue weighted by molar-refractivity contribution is 0.0591. The Morgan fingerprint density at radius 2 is 2.31 bits per heavy atom. The number of halogens is 3. The van der Waals surface area contributed by atoms with E-state index in [2.05, 4.69) is 25.7 Å². The van der Waals surface area contributed by atoms with Crippen LogP contribution in [0.3, 0.4) is 0 Å². The largest absolute Gasteiger partial charge is 0.464 e. The van der Waals surface area contributed by atoms with Gasteiger partial charge in [0.15, 0.2) is 5.69 Å². The number of hydrogen-bond acceptors (Lipinski definition) is 4. The van der Waals surface area contributed by atoms with Crippen LogP contribution in [0.5, 0.6) is 0 Å². The summed E-state index contributed by atoms with van der Waals surface area (Å²) in [5.41, 5.74) is 5.26. The van der Waals surface area contributed by atoms with Gasteiger partial charge in [-0.3, -0.25) is 0 Å². The van der Waals surface area contributed by atoms with Crippen LogP contribution in [-0.2, 0) is 10.1 Å². The number of esters is 1. The van der Waals surface area contributed by atoms with Gasteiger partial charge in [0.25, 0.3) is 6.43 Å². The van der Waals surface area contributed by atoms with Crippen molar-refractivity contribution in [3.8, 4) is 0 Å². The summed E-state index contributed by atoms with van der Waals surface area (Å²) in [6.45, 7) is 0. The van der Waals surface area contributed by atoms with E-state index in [0.29, 0.717) is 5.56 Å². The Kier molecular flexibility index (Phi) is 4.17. The van der Waals surface area contributed by atoms with Gasteiger partial charge in [0, 0.05) is 16.6 Å². The number of carbonyl (C=O) groups is 1. The van der Waals surface area contributed by atoms with Gasteiger partial charge in [0.05, 0.1) is 7.11 Å². The van der Waals surface area contributed by atoms with E-state index in [-0.39, 0.29) is 16.7 Å². The Balaban J connectivity index is 3.36. The third-order valence-electron chi connectivity index (χ3n) is 1.91. The molecule has 7 heteroatoms. The number of rotatable bonds is 3. The number of carbonyl (C=O) groups excluding carboxylic acids is 1. The number of hydrogen-bond donors (Lipinski definition) is 1. The average molecular weight is 295 g/mol. The summed E-state index contributed by atoms with van der Waals surface area (Å²) in [7, 11) is 1.15. The number of nitrogen functional groups attached to an aromatic ring is 1. The van der Waals surface area contributed by atoms with E-state index >= 15 is 0 Å². The second-order valence-electron chi connectivity index (χ2n) is 2.89. The first-order valence-corrected chi connectivity index (χ1v) is 5.35. The van der Waals surface area contributed by atoms with Gasteiger partial charge in [0.2, 0.25) is 0 Å². The Morgan fingerprint density at radius 3 is 2.75 bits per heavy atom. The van der Waals surface area contributed by atoms with Crippen LogP contribution in [0.1, 0.15) is 28.2 Å². The molecule has 0 aromatic carbocycles. The number of pyridine rings is 1. The molecule has 0 radical (unpaired) electrons. The molecule has 1 aromatic rings. The SMILES string of the molecule is COC(=O)c1nc(C(F)F)cc(N)c1CBr. The number of anilines is 1. The molecule has 0 fully saturated rings. The zero-order valence-corrected chi connectivity index (χ0v) is 9.92. The van der Waals surface area contributed by atoms with Crippen molar-refractivity contribution in [2.75, 3.05) is 12.8 Å². The zero-order chi connectivity index (χ0) is 12.3. The molecule has 0 aliphatic heterocycles. The lowest BCUT2D eigenvalue weighted by Crippen LogP contribution is -2.12. The van der Waals surface area contributed by atoms with Crippen LogP contribution in [0.2, 0.25) is 0 Å². The maximum atomic E-state index is 12.4. The van der Waals surface area contributed by atoms with Crippen LogP contribution < -0.4 is 5.73 Å². The van der Waals surface area contributed by atoms with E-state index in [1.165, 1.54) is 0 Å². The molecule has 0 unspecified atom stereocenters. The minimum atomic E-state index is -2.78. The molecule has 0 atom stereocenters. The van der Waals surface area contributed by atoms with E-state index in [1.54, 1.807) is 0 Å². The summed E-state index contributed by atoms with van der Waals surface area (Å²) in [5, 5.41) is 0.236. The number of nitrogens with zero attached hydrogens (tertiary/aromatic N) is 1. The maximum Gasteiger partial charge on any atom is 0.357 e. The van der Waals surface area contributed by atoms with Gasteiger partial charge in [-0.05, 0) is 6.07 Å². The zero-order valence-electron chi connectivity index (χ0n) is 8.34. The molecule has 88 valence electrons.